The van der Waals surface area contributed by atoms with E-state index in [1.165, 1.54) is 0 Å². The van der Waals surface area contributed by atoms with Crippen molar-refractivity contribution in [2.24, 2.45) is 0 Å². The maximum Gasteiger partial charge on any atom is 0.316 e. The van der Waals surface area contributed by atoms with Crippen LogP contribution in [0.1, 0.15) is 0 Å². The number of rotatable bonds is 1. The second-order valence-electron chi connectivity index (χ2n) is 1.86. The molecule has 0 amide bonds. The van der Waals surface area contributed by atoms with E-state index in [2.05, 4.69) is 36.8 Å². The van der Waals surface area contributed by atoms with Gasteiger partial charge < -0.3 is 5.11 Å². The van der Waals surface area contributed by atoms with E-state index in [9.17, 15) is 10.1 Å². The molecule has 12 heavy (non-hydrogen) atoms. The third kappa shape index (κ3) is 1.72. The number of pyridine rings is 1. The van der Waals surface area contributed by atoms with Gasteiger partial charge in [-0.3, -0.25) is 10.1 Å². The Morgan fingerprint density at radius 2 is 2.17 bits per heavy atom. The third-order valence-corrected chi connectivity index (χ3v) is 2.05. The minimum Gasteiger partial charge on any atom is -0.500 e. The lowest BCUT2D eigenvalue weighted by molar-refractivity contribution is -0.386. The summed E-state index contributed by atoms with van der Waals surface area (Å²) < 4.78 is 0.336. The SMILES string of the molecule is O=[N+]([O-])c1cc(Br)nc(Br)c1O. The van der Waals surface area contributed by atoms with E-state index in [-0.39, 0.29) is 10.3 Å². The second-order valence-corrected chi connectivity index (χ2v) is 3.42. The van der Waals surface area contributed by atoms with Crippen molar-refractivity contribution in [3.05, 3.63) is 25.4 Å². The van der Waals surface area contributed by atoms with E-state index in [1.54, 1.807) is 0 Å². The van der Waals surface area contributed by atoms with E-state index in [0.717, 1.165) is 6.07 Å². The first-order valence-electron chi connectivity index (χ1n) is 2.71. The quantitative estimate of drug-likeness (QED) is 0.490. The predicted octanol–water partition coefficient (Wildman–Crippen LogP) is 2.22. The van der Waals surface area contributed by atoms with Gasteiger partial charge in [0.05, 0.1) is 11.0 Å². The summed E-state index contributed by atoms with van der Waals surface area (Å²) in [5.74, 6) is -0.469. The zero-order chi connectivity index (χ0) is 9.30. The first-order chi connectivity index (χ1) is 5.52. The van der Waals surface area contributed by atoms with Crippen LogP contribution in [-0.2, 0) is 0 Å². The summed E-state index contributed by atoms with van der Waals surface area (Å²) in [6.45, 7) is 0. The minimum atomic E-state index is -0.688. The van der Waals surface area contributed by atoms with E-state index in [4.69, 9.17) is 5.11 Å². The number of nitro groups is 1. The number of aromatic hydroxyl groups is 1. The Labute approximate surface area is 83.8 Å². The van der Waals surface area contributed by atoms with Gasteiger partial charge in [-0.05, 0) is 31.9 Å². The van der Waals surface area contributed by atoms with Crippen molar-refractivity contribution >= 4 is 37.5 Å². The molecule has 0 saturated heterocycles. The van der Waals surface area contributed by atoms with Gasteiger partial charge in [0, 0.05) is 0 Å². The molecule has 1 rings (SSSR count). The Hall–Kier alpha value is -0.690. The van der Waals surface area contributed by atoms with Crippen molar-refractivity contribution in [1.82, 2.24) is 4.98 Å². The monoisotopic (exact) mass is 296 g/mol. The van der Waals surface area contributed by atoms with Crippen molar-refractivity contribution < 1.29 is 10.0 Å². The van der Waals surface area contributed by atoms with Crippen molar-refractivity contribution in [3.63, 3.8) is 0 Å². The lowest BCUT2D eigenvalue weighted by Gasteiger charge is -1.97. The largest absolute Gasteiger partial charge is 0.500 e. The number of halogens is 2. The maximum atomic E-state index is 10.3. The molecule has 64 valence electrons. The number of hydrogen-bond donors (Lipinski definition) is 1. The summed E-state index contributed by atoms with van der Waals surface area (Å²) in [6, 6.07) is 1.13. The first kappa shape index (κ1) is 9.40. The normalized spacial score (nSPS) is 9.83. The van der Waals surface area contributed by atoms with Gasteiger partial charge >= 0.3 is 5.69 Å². The maximum absolute atomic E-state index is 10.3. The number of nitrogens with zero attached hydrogens (tertiary/aromatic N) is 2. The Morgan fingerprint density at radius 3 is 2.67 bits per heavy atom. The molecule has 1 N–H and O–H groups in total. The molecule has 0 bridgehead atoms. The highest BCUT2D eigenvalue weighted by molar-refractivity contribution is 9.11. The molecule has 0 spiro atoms. The molecule has 0 aliphatic heterocycles. The molecule has 1 heterocycles. The van der Waals surface area contributed by atoms with E-state index < -0.39 is 10.7 Å². The highest BCUT2D eigenvalue weighted by atomic mass is 79.9. The summed E-state index contributed by atoms with van der Waals surface area (Å²) in [4.78, 5) is 13.3. The van der Waals surface area contributed by atoms with Gasteiger partial charge in [-0.25, -0.2) is 4.98 Å². The molecule has 0 aromatic carbocycles. The highest BCUT2D eigenvalue weighted by Gasteiger charge is 2.17. The van der Waals surface area contributed by atoms with Gasteiger partial charge in [-0.2, -0.15) is 0 Å². The zero-order valence-electron chi connectivity index (χ0n) is 5.49. The Morgan fingerprint density at radius 1 is 1.58 bits per heavy atom. The van der Waals surface area contributed by atoms with Crippen LogP contribution in [0.4, 0.5) is 5.69 Å². The topological polar surface area (TPSA) is 76.3 Å². The van der Waals surface area contributed by atoms with Gasteiger partial charge in [0.2, 0.25) is 5.75 Å². The molecule has 0 aliphatic carbocycles. The van der Waals surface area contributed by atoms with Gasteiger partial charge in [0.25, 0.3) is 0 Å². The Kier molecular flexibility index (Phi) is 2.63. The van der Waals surface area contributed by atoms with Crippen LogP contribution in [0.25, 0.3) is 0 Å². The highest BCUT2D eigenvalue weighted by Crippen LogP contribution is 2.33. The van der Waals surface area contributed by atoms with Crippen LogP contribution in [-0.4, -0.2) is 15.0 Å². The molecule has 1 aromatic rings. The summed E-state index contributed by atoms with van der Waals surface area (Å²) >= 11 is 5.83. The van der Waals surface area contributed by atoms with Gasteiger partial charge in [0.1, 0.15) is 4.60 Å². The van der Waals surface area contributed by atoms with Gasteiger partial charge in [-0.15, -0.1) is 0 Å². The van der Waals surface area contributed by atoms with Crippen molar-refractivity contribution in [2.75, 3.05) is 0 Å². The average Bonchev–Trinajstić information content (AvgIpc) is 1.96. The van der Waals surface area contributed by atoms with Crippen LogP contribution in [0.5, 0.6) is 5.75 Å². The van der Waals surface area contributed by atoms with E-state index in [0.29, 0.717) is 4.60 Å². The molecule has 7 heteroatoms. The van der Waals surface area contributed by atoms with Gasteiger partial charge in [-0.1, -0.05) is 0 Å². The molecule has 0 radical (unpaired) electrons. The molecule has 0 saturated carbocycles. The Balaban J connectivity index is 3.37. The molecule has 0 aliphatic rings. The standard InChI is InChI=1S/C5H2Br2N2O3/c6-3-1-2(9(11)12)4(10)5(7)8-3/h1,10H. The summed E-state index contributed by atoms with van der Waals surface area (Å²) in [7, 11) is 0. The first-order valence-corrected chi connectivity index (χ1v) is 4.30. The second kappa shape index (κ2) is 3.36. The smallest absolute Gasteiger partial charge is 0.316 e. The lowest BCUT2D eigenvalue weighted by Crippen LogP contribution is -1.91. The summed E-state index contributed by atoms with van der Waals surface area (Å²) in [5, 5.41) is 19.4. The average molecular weight is 298 g/mol. The fourth-order valence-corrected chi connectivity index (χ4v) is 1.63. The molecular weight excluding hydrogens is 296 g/mol. The van der Waals surface area contributed by atoms with E-state index >= 15 is 0 Å². The molecule has 0 fully saturated rings. The molecular formula is C5H2Br2N2O3. The predicted molar refractivity (Wildman–Crippen MR) is 48.0 cm³/mol. The molecule has 5 nitrogen and oxygen atoms in total. The minimum absolute atomic E-state index is 0.0450. The van der Waals surface area contributed by atoms with Crippen LogP contribution in [0.2, 0.25) is 0 Å². The van der Waals surface area contributed by atoms with Gasteiger partial charge in [0.15, 0.2) is 4.60 Å². The van der Waals surface area contributed by atoms with Crippen LogP contribution in [0.15, 0.2) is 15.3 Å². The molecule has 1 aromatic heterocycles. The fraction of sp³-hybridized carbons (Fsp3) is 0. The van der Waals surface area contributed by atoms with Crippen LogP contribution in [0.3, 0.4) is 0 Å². The van der Waals surface area contributed by atoms with Crippen molar-refractivity contribution in [1.29, 1.82) is 0 Å². The number of aromatic nitrogens is 1. The fourth-order valence-electron chi connectivity index (χ4n) is 0.605. The molecule has 0 atom stereocenters. The summed E-state index contributed by atoms with van der Waals surface area (Å²) in [5.41, 5.74) is -0.385. The summed E-state index contributed by atoms with van der Waals surface area (Å²) in [6.07, 6.45) is 0. The number of hydrogen-bond acceptors (Lipinski definition) is 4. The third-order valence-electron chi connectivity index (χ3n) is 1.10. The Bertz CT molecular complexity index is 342. The van der Waals surface area contributed by atoms with Crippen molar-refractivity contribution in [2.45, 2.75) is 0 Å². The zero-order valence-corrected chi connectivity index (χ0v) is 8.66. The van der Waals surface area contributed by atoms with Crippen LogP contribution >= 0.6 is 31.9 Å². The van der Waals surface area contributed by atoms with E-state index in [1.807, 2.05) is 0 Å². The van der Waals surface area contributed by atoms with Crippen molar-refractivity contribution in [3.8, 4) is 5.75 Å². The lowest BCUT2D eigenvalue weighted by atomic mass is 10.4. The van der Waals surface area contributed by atoms with Crippen LogP contribution < -0.4 is 0 Å². The molecule has 0 unspecified atom stereocenters. The van der Waals surface area contributed by atoms with Crippen LogP contribution in [0, 0.1) is 10.1 Å².